The summed E-state index contributed by atoms with van der Waals surface area (Å²) in [5, 5.41) is 3.20. The average molecular weight is 334 g/mol. The van der Waals surface area contributed by atoms with Gasteiger partial charge >= 0.3 is 0 Å². The minimum atomic E-state index is -0.306. The first-order chi connectivity index (χ1) is 11.8. The maximum atomic E-state index is 12.7. The van der Waals surface area contributed by atoms with Crippen molar-refractivity contribution in [3.05, 3.63) is 69.9 Å². The van der Waals surface area contributed by atoms with Crippen molar-refractivity contribution in [3.8, 4) is 0 Å². The molecule has 2 aromatic carbocycles. The van der Waals surface area contributed by atoms with E-state index in [2.05, 4.69) is 5.32 Å². The summed E-state index contributed by atoms with van der Waals surface area (Å²) in [6.07, 6.45) is 0. The van der Waals surface area contributed by atoms with Crippen LogP contribution in [0, 0.1) is 27.7 Å². The van der Waals surface area contributed by atoms with Crippen molar-refractivity contribution in [2.75, 3.05) is 12.4 Å². The maximum absolute atomic E-state index is 12.7. The molecule has 1 aliphatic heterocycles. The third-order valence-corrected chi connectivity index (χ3v) is 4.58. The van der Waals surface area contributed by atoms with Crippen LogP contribution < -0.4 is 5.32 Å². The molecule has 2 amide bonds. The minimum Gasteiger partial charge on any atom is -0.350 e. The number of imide groups is 1. The molecule has 25 heavy (non-hydrogen) atoms. The molecule has 4 heteroatoms. The third-order valence-electron chi connectivity index (χ3n) is 4.58. The SMILES string of the molecule is Cc1ccc(NC2=C(c3ccc(C)cc3C)C(=O)N(C)C2=O)c(C)c1. The van der Waals surface area contributed by atoms with Crippen LogP contribution in [0.2, 0.25) is 0 Å². The van der Waals surface area contributed by atoms with E-state index in [-0.39, 0.29) is 11.8 Å². The lowest BCUT2D eigenvalue weighted by Crippen LogP contribution is -2.28. The van der Waals surface area contributed by atoms with Crippen molar-refractivity contribution in [1.29, 1.82) is 0 Å². The molecule has 0 aromatic heterocycles. The molecule has 0 saturated heterocycles. The zero-order valence-corrected chi connectivity index (χ0v) is 15.2. The monoisotopic (exact) mass is 334 g/mol. The Hall–Kier alpha value is -2.88. The van der Waals surface area contributed by atoms with Gasteiger partial charge in [-0.05, 0) is 50.5 Å². The topological polar surface area (TPSA) is 49.4 Å². The van der Waals surface area contributed by atoms with Crippen LogP contribution in [-0.4, -0.2) is 23.8 Å². The van der Waals surface area contributed by atoms with Crippen LogP contribution in [0.3, 0.4) is 0 Å². The molecule has 1 heterocycles. The largest absolute Gasteiger partial charge is 0.350 e. The molecule has 1 aliphatic rings. The van der Waals surface area contributed by atoms with Gasteiger partial charge in [-0.15, -0.1) is 0 Å². The molecule has 2 aromatic rings. The van der Waals surface area contributed by atoms with Crippen molar-refractivity contribution in [2.24, 2.45) is 0 Å². The number of rotatable bonds is 3. The molecular formula is C21H22N2O2. The molecule has 0 radical (unpaired) electrons. The lowest BCUT2D eigenvalue weighted by Gasteiger charge is -2.12. The third kappa shape index (κ3) is 2.95. The number of carbonyl (C=O) groups excluding carboxylic acids is 2. The van der Waals surface area contributed by atoms with Crippen molar-refractivity contribution in [1.82, 2.24) is 4.90 Å². The summed E-state index contributed by atoms with van der Waals surface area (Å²) in [5.74, 6) is -0.579. The molecule has 128 valence electrons. The fourth-order valence-electron chi connectivity index (χ4n) is 3.19. The zero-order chi connectivity index (χ0) is 18.3. The van der Waals surface area contributed by atoms with Gasteiger partial charge in [0.2, 0.25) is 0 Å². The lowest BCUT2D eigenvalue weighted by atomic mass is 9.97. The van der Waals surface area contributed by atoms with Gasteiger partial charge in [0, 0.05) is 12.7 Å². The highest BCUT2D eigenvalue weighted by molar-refractivity contribution is 6.36. The van der Waals surface area contributed by atoms with Gasteiger partial charge in [-0.3, -0.25) is 14.5 Å². The van der Waals surface area contributed by atoms with E-state index in [1.165, 1.54) is 11.9 Å². The molecular weight excluding hydrogens is 312 g/mol. The standard InChI is InChI=1S/C21H22N2O2/c1-12-6-8-16(14(3)10-12)18-19(21(25)23(5)20(18)24)22-17-9-7-13(2)11-15(17)4/h6-11,22H,1-5H3. The van der Waals surface area contributed by atoms with E-state index in [1.54, 1.807) is 0 Å². The minimum absolute atomic E-state index is 0.274. The van der Waals surface area contributed by atoms with Gasteiger partial charge in [-0.25, -0.2) is 0 Å². The van der Waals surface area contributed by atoms with Crippen LogP contribution in [-0.2, 0) is 9.59 Å². The van der Waals surface area contributed by atoms with Crippen LogP contribution in [0.25, 0.3) is 5.57 Å². The number of nitrogens with one attached hydrogen (secondary N) is 1. The second kappa shape index (κ2) is 6.20. The molecule has 0 spiro atoms. The maximum Gasteiger partial charge on any atom is 0.277 e. The van der Waals surface area contributed by atoms with Gasteiger partial charge in [0.15, 0.2) is 0 Å². The molecule has 0 unspecified atom stereocenters. The summed E-state index contributed by atoms with van der Waals surface area (Å²) in [6.45, 7) is 7.97. The smallest absolute Gasteiger partial charge is 0.277 e. The van der Waals surface area contributed by atoms with E-state index in [4.69, 9.17) is 0 Å². The highest BCUT2D eigenvalue weighted by atomic mass is 16.2. The molecule has 0 atom stereocenters. The number of hydrogen-bond acceptors (Lipinski definition) is 3. The molecule has 0 aliphatic carbocycles. The summed E-state index contributed by atoms with van der Waals surface area (Å²) in [6, 6.07) is 11.9. The molecule has 4 nitrogen and oxygen atoms in total. The van der Waals surface area contributed by atoms with E-state index >= 15 is 0 Å². The number of likely N-dealkylation sites (N-methyl/N-ethyl adjacent to an activating group) is 1. The van der Waals surface area contributed by atoms with Gasteiger partial charge in [-0.1, -0.05) is 41.5 Å². The van der Waals surface area contributed by atoms with Gasteiger partial charge in [0.25, 0.3) is 11.8 Å². The molecule has 0 bridgehead atoms. The van der Waals surface area contributed by atoms with E-state index in [1.807, 2.05) is 64.1 Å². The van der Waals surface area contributed by atoms with Gasteiger partial charge < -0.3 is 5.32 Å². The molecule has 3 rings (SSSR count). The van der Waals surface area contributed by atoms with E-state index in [9.17, 15) is 9.59 Å². The van der Waals surface area contributed by atoms with Crippen LogP contribution in [0.1, 0.15) is 27.8 Å². The van der Waals surface area contributed by atoms with Crippen LogP contribution >= 0.6 is 0 Å². The Balaban J connectivity index is 2.15. The first kappa shape index (κ1) is 17.0. The highest BCUT2D eigenvalue weighted by Gasteiger charge is 2.37. The fraction of sp³-hybridized carbons (Fsp3) is 0.238. The second-order valence-corrected chi connectivity index (χ2v) is 6.68. The number of hydrogen-bond donors (Lipinski definition) is 1. The summed E-state index contributed by atoms with van der Waals surface area (Å²) in [4.78, 5) is 26.5. The molecule has 1 N–H and O–H groups in total. The fourth-order valence-corrected chi connectivity index (χ4v) is 3.19. The van der Waals surface area contributed by atoms with Crippen LogP contribution in [0.15, 0.2) is 42.1 Å². The van der Waals surface area contributed by atoms with Gasteiger partial charge in [-0.2, -0.15) is 0 Å². The Bertz CT molecular complexity index is 925. The number of anilines is 1. The number of aryl methyl sites for hydroxylation is 4. The van der Waals surface area contributed by atoms with Crippen LogP contribution in [0.5, 0.6) is 0 Å². The predicted molar refractivity (Wildman–Crippen MR) is 100 cm³/mol. The normalized spacial score (nSPS) is 14.5. The summed E-state index contributed by atoms with van der Waals surface area (Å²) in [5.41, 5.74) is 6.68. The first-order valence-corrected chi connectivity index (χ1v) is 8.28. The first-order valence-electron chi connectivity index (χ1n) is 8.28. The van der Waals surface area contributed by atoms with Crippen molar-refractivity contribution >= 4 is 23.1 Å². The number of benzene rings is 2. The summed E-state index contributed by atoms with van der Waals surface area (Å²) < 4.78 is 0. The summed E-state index contributed by atoms with van der Waals surface area (Å²) >= 11 is 0. The van der Waals surface area contributed by atoms with E-state index in [0.717, 1.165) is 33.5 Å². The molecule has 0 fully saturated rings. The number of carbonyl (C=O) groups is 2. The average Bonchev–Trinajstić information content (AvgIpc) is 2.75. The lowest BCUT2D eigenvalue weighted by molar-refractivity contribution is -0.135. The Morgan fingerprint density at radius 1 is 0.800 bits per heavy atom. The van der Waals surface area contributed by atoms with Crippen molar-refractivity contribution < 1.29 is 9.59 Å². The summed E-state index contributed by atoms with van der Waals surface area (Å²) in [7, 11) is 1.52. The highest BCUT2D eigenvalue weighted by Crippen LogP contribution is 2.32. The Labute approximate surface area is 148 Å². The van der Waals surface area contributed by atoms with Gasteiger partial charge in [0.05, 0.1) is 5.57 Å². The Morgan fingerprint density at radius 3 is 2.00 bits per heavy atom. The zero-order valence-electron chi connectivity index (χ0n) is 15.2. The van der Waals surface area contributed by atoms with Crippen molar-refractivity contribution in [3.63, 3.8) is 0 Å². The molecule has 0 saturated carbocycles. The number of nitrogens with zero attached hydrogens (tertiary/aromatic N) is 1. The second-order valence-electron chi connectivity index (χ2n) is 6.68. The Kier molecular flexibility index (Phi) is 4.21. The number of amides is 2. The predicted octanol–water partition coefficient (Wildman–Crippen LogP) is 3.74. The van der Waals surface area contributed by atoms with Crippen LogP contribution in [0.4, 0.5) is 5.69 Å². The quantitative estimate of drug-likeness (QED) is 0.870. The van der Waals surface area contributed by atoms with E-state index < -0.39 is 0 Å². The van der Waals surface area contributed by atoms with E-state index in [0.29, 0.717) is 11.3 Å². The van der Waals surface area contributed by atoms with Gasteiger partial charge in [0.1, 0.15) is 5.70 Å². The Morgan fingerprint density at radius 2 is 1.40 bits per heavy atom. The van der Waals surface area contributed by atoms with Crippen molar-refractivity contribution in [2.45, 2.75) is 27.7 Å².